The standard InChI is InChI=1S/C14H18N2O6S/c1-9-6-10(2)13(7-12(9)16(19)20)23(21,22)15-5-3-4-11(8-15)14(17)18/h6-7,11H,3-5,8H2,1-2H3,(H,17,18). The number of sulfonamides is 1. The number of rotatable bonds is 4. The Morgan fingerprint density at radius 2 is 2.00 bits per heavy atom. The molecule has 1 heterocycles. The summed E-state index contributed by atoms with van der Waals surface area (Å²) in [6, 6.07) is 2.52. The Hall–Kier alpha value is -2.00. The first-order chi connectivity index (χ1) is 10.6. The minimum Gasteiger partial charge on any atom is -0.481 e. The van der Waals surface area contributed by atoms with Crippen LogP contribution in [-0.2, 0) is 14.8 Å². The molecule has 1 aliphatic heterocycles. The van der Waals surface area contributed by atoms with Crippen molar-refractivity contribution in [1.82, 2.24) is 4.31 Å². The quantitative estimate of drug-likeness (QED) is 0.657. The molecule has 1 fully saturated rings. The van der Waals surface area contributed by atoms with E-state index in [0.717, 1.165) is 10.4 Å². The number of piperidine rings is 1. The summed E-state index contributed by atoms with van der Waals surface area (Å²) in [5.41, 5.74) is 0.528. The van der Waals surface area contributed by atoms with Gasteiger partial charge < -0.3 is 5.11 Å². The van der Waals surface area contributed by atoms with Gasteiger partial charge in [0.15, 0.2) is 0 Å². The van der Waals surface area contributed by atoms with Gasteiger partial charge in [-0.2, -0.15) is 4.31 Å². The molecule has 1 N–H and O–H groups in total. The Balaban J connectivity index is 2.45. The Morgan fingerprint density at radius 3 is 2.57 bits per heavy atom. The highest BCUT2D eigenvalue weighted by Gasteiger charge is 2.35. The van der Waals surface area contributed by atoms with Crippen molar-refractivity contribution in [1.29, 1.82) is 0 Å². The van der Waals surface area contributed by atoms with E-state index >= 15 is 0 Å². The molecule has 1 unspecified atom stereocenters. The Labute approximate surface area is 133 Å². The average Bonchev–Trinajstić information content (AvgIpc) is 2.46. The van der Waals surface area contributed by atoms with Crippen LogP contribution in [0.5, 0.6) is 0 Å². The minimum absolute atomic E-state index is 0.112. The van der Waals surface area contributed by atoms with Gasteiger partial charge in [0.25, 0.3) is 5.69 Å². The molecule has 0 amide bonds. The molecule has 1 saturated heterocycles. The maximum atomic E-state index is 12.8. The second-order valence-corrected chi connectivity index (χ2v) is 7.61. The molecule has 0 bridgehead atoms. The van der Waals surface area contributed by atoms with Crippen LogP contribution in [0.3, 0.4) is 0 Å². The van der Waals surface area contributed by atoms with Crippen molar-refractivity contribution in [2.24, 2.45) is 5.92 Å². The molecule has 1 aromatic carbocycles. The van der Waals surface area contributed by atoms with Crippen LogP contribution in [0.4, 0.5) is 5.69 Å². The molecule has 1 aliphatic rings. The number of carboxylic acids is 1. The summed E-state index contributed by atoms with van der Waals surface area (Å²) in [5, 5.41) is 20.1. The predicted octanol–water partition coefficient (Wildman–Crippen LogP) is 1.70. The van der Waals surface area contributed by atoms with E-state index in [1.807, 2.05) is 0 Å². The van der Waals surface area contributed by atoms with Crippen molar-refractivity contribution in [3.05, 3.63) is 33.4 Å². The molecule has 2 rings (SSSR count). The van der Waals surface area contributed by atoms with Crippen molar-refractivity contribution in [3.8, 4) is 0 Å². The molecule has 9 heteroatoms. The lowest BCUT2D eigenvalue weighted by atomic mass is 10.0. The normalized spacial score (nSPS) is 19.5. The van der Waals surface area contributed by atoms with Crippen LogP contribution in [0.1, 0.15) is 24.0 Å². The summed E-state index contributed by atoms with van der Waals surface area (Å²) in [5.74, 6) is -1.78. The number of hydrogen-bond acceptors (Lipinski definition) is 5. The Bertz CT molecular complexity index is 759. The van der Waals surface area contributed by atoms with Gasteiger partial charge in [0.2, 0.25) is 10.0 Å². The smallest absolute Gasteiger partial charge is 0.307 e. The van der Waals surface area contributed by atoms with Gasteiger partial charge in [-0.15, -0.1) is 0 Å². The summed E-state index contributed by atoms with van der Waals surface area (Å²) < 4.78 is 26.7. The average molecular weight is 342 g/mol. The molecular formula is C14H18N2O6S. The third-order valence-electron chi connectivity index (χ3n) is 4.04. The summed E-state index contributed by atoms with van der Waals surface area (Å²) in [6.07, 6.45) is 0.873. The van der Waals surface area contributed by atoms with Crippen molar-refractivity contribution < 1.29 is 23.2 Å². The van der Waals surface area contributed by atoms with Gasteiger partial charge in [-0.25, -0.2) is 8.42 Å². The van der Waals surface area contributed by atoms with Gasteiger partial charge in [-0.05, 0) is 38.3 Å². The van der Waals surface area contributed by atoms with Crippen molar-refractivity contribution >= 4 is 21.7 Å². The van der Waals surface area contributed by atoms with E-state index in [2.05, 4.69) is 0 Å². The van der Waals surface area contributed by atoms with Crippen LogP contribution in [0.2, 0.25) is 0 Å². The van der Waals surface area contributed by atoms with Crippen LogP contribution in [0, 0.1) is 29.9 Å². The molecule has 0 saturated carbocycles. The lowest BCUT2D eigenvalue weighted by molar-refractivity contribution is -0.385. The van der Waals surface area contributed by atoms with Crippen molar-refractivity contribution in [2.75, 3.05) is 13.1 Å². The maximum Gasteiger partial charge on any atom is 0.307 e. The van der Waals surface area contributed by atoms with E-state index in [-0.39, 0.29) is 23.7 Å². The molecule has 1 aromatic rings. The molecule has 0 aliphatic carbocycles. The van der Waals surface area contributed by atoms with Gasteiger partial charge in [0.1, 0.15) is 0 Å². The zero-order valence-corrected chi connectivity index (χ0v) is 13.7. The summed E-state index contributed by atoms with van der Waals surface area (Å²) >= 11 is 0. The molecule has 8 nitrogen and oxygen atoms in total. The number of nitro benzene ring substituents is 1. The number of nitrogens with zero attached hydrogens (tertiary/aromatic N) is 2. The van der Waals surface area contributed by atoms with Crippen molar-refractivity contribution in [3.63, 3.8) is 0 Å². The fourth-order valence-corrected chi connectivity index (χ4v) is 4.55. The number of carbonyl (C=O) groups is 1. The zero-order chi connectivity index (χ0) is 17.4. The molecular weight excluding hydrogens is 324 g/mol. The highest BCUT2D eigenvalue weighted by atomic mass is 32.2. The van der Waals surface area contributed by atoms with E-state index in [4.69, 9.17) is 5.11 Å². The van der Waals surface area contributed by atoms with Gasteiger partial charge in [-0.3, -0.25) is 14.9 Å². The van der Waals surface area contributed by atoms with Gasteiger partial charge in [0.05, 0.1) is 15.7 Å². The van der Waals surface area contributed by atoms with Crippen LogP contribution in [0.15, 0.2) is 17.0 Å². The third kappa shape index (κ3) is 3.35. The van der Waals surface area contributed by atoms with Crippen LogP contribution in [0.25, 0.3) is 0 Å². The first kappa shape index (κ1) is 17.4. The molecule has 0 spiro atoms. The fourth-order valence-electron chi connectivity index (χ4n) is 2.80. The van der Waals surface area contributed by atoms with E-state index in [9.17, 15) is 23.3 Å². The summed E-state index contributed by atoms with van der Waals surface area (Å²) in [6.45, 7) is 3.22. The first-order valence-corrected chi connectivity index (χ1v) is 8.57. The highest BCUT2D eigenvalue weighted by Crippen LogP contribution is 2.30. The second-order valence-electron chi connectivity index (χ2n) is 5.70. The topological polar surface area (TPSA) is 118 Å². The van der Waals surface area contributed by atoms with E-state index in [1.165, 1.54) is 6.07 Å². The van der Waals surface area contributed by atoms with Crippen LogP contribution >= 0.6 is 0 Å². The Kier molecular flexibility index (Phi) is 4.71. The number of hydrogen-bond donors (Lipinski definition) is 1. The SMILES string of the molecule is Cc1cc(C)c(S(=O)(=O)N2CCCC(C(=O)O)C2)cc1[N+](=O)[O-]. The van der Waals surface area contributed by atoms with Crippen LogP contribution in [-0.4, -0.2) is 41.8 Å². The largest absolute Gasteiger partial charge is 0.481 e. The molecule has 126 valence electrons. The number of aryl methyl sites for hydroxylation is 2. The second kappa shape index (κ2) is 6.25. The van der Waals surface area contributed by atoms with Crippen LogP contribution < -0.4 is 0 Å². The number of carboxylic acid groups (broad SMARTS) is 1. The van der Waals surface area contributed by atoms with E-state index < -0.39 is 26.8 Å². The third-order valence-corrected chi connectivity index (χ3v) is 6.05. The summed E-state index contributed by atoms with van der Waals surface area (Å²) in [4.78, 5) is 21.4. The zero-order valence-electron chi connectivity index (χ0n) is 12.9. The van der Waals surface area contributed by atoms with E-state index in [0.29, 0.717) is 24.0 Å². The summed E-state index contributed by atoms with van der Waals surface area (Å²) in [7, 11) is -3.97. The monoisotopic (exact) mass is 342 g/mol. The Morgan fingerprint density at radius 1 is 1.35 bits per heavy atom. The minimum atomic E-state index is -3.97. The predicted molar refractivity (Wildman–Crippen MR) is 81.7 cm³/mol. The molecule has 0 radical (unpaired) electrons. The number of aliphatic carboxylic acids is 1. The highest BCUT2D eigenvalue weighted by molar-refractivity contribution is 7.89. The fraction of sp³-hybridized carbons (Fsp3) is 0.500. The molecule has 23 heavy (non-hydrogen) atoms. The van der Waals surface area contributed by atoms with E-state index in [1.54, 1.807) is 13.8 Å². The number of benzene rings is 1. The van der Waals surface area contributed by atoms with Gasteiger partial charge in [0, 0.05) is 24.7 Å². The maximum absolute atomic E-state index is 12.8. The number of nitro groups is 1. The lowest BCUT2D eigenvalue weighted by Gasteiger charge is -2.30. The first-order valence-electron chi connectivity index (χ1n) is 7.13. The lowest BCUT2D eigenvalue weighted by Crippen LogP contribution is -2.42. The van der Waals surface area contributed by atoms with Gasteiger partial charge in [-0.1, -0.05) is 0 Å². The van der Waals surface area contributed by atoms with Gasteiger partial charge >= 0.3 is 5.97 Å². The molecule has 0 aromatic heterocycles. The van der Waals surface area contributed by atoms with Crippen molar-refractivity contribution in [2.45, 2.75) is 31.6 Å². The molecule has 1 atom stereocenters.